The quantitative estimate of drug-likeness (QED) is 0.514. The van der Waals surface area contributed by atoms with Gasteiger partial charge >= 0.3 is 0 Å². The zero-order valence-electron chi connectivity index (χ0n) is 12.9. The molecule has 0 saturated carbocycles. The van der Waals surface area contributed by atoms with E-state index in [1.807, 2.05) is 43.3 Å². The molecule has 0 spiro atoms. The zero-order chi connectivity index (χ0) is 15.9. The SMILES string of the molecule is COc1ccc(C=NNC(=S)Nc2ccc(C)cc2C)cc1. The number of nitrogens with zero attached hydrogens (tertiary/aromatic N) is 1. The van der Waals surface area contributed by atoms with Gasteiger partial charge in [-0.2, -0.15) is 5.10 Å². The van der Waals surface area contributed by atoms with Crippen LogP contribution in [-0.4, -0.2) is 18.4 Å². The maximum absolute atomic E-state index is 5.23. The average Bonchev–Trinajstić information content (AvgIpc) is 2.51. The van der Waals surface area contributed by atoms with Crippen molar-refractivity contribution in [3.05, 3.63) is 59.2 Å². The summed E-state index contributed by atoms with van der Waals surface area (Å²) in [5.74, 6) is 0.817. The lowest BCUT2D eigenvalue weighted by Crippen LogP contribution is -2.24. The zero-order valence-corrected chi connectivity index (χ0v) is 13.7. The summed E-state index contributed by atoms with van der Waals surface area (Å²) < 4.78 is 5.11. The lowest BCUT2D eigenvalue weighted by Gasteiger charge is -2.10. The highest BCUT2D eigenvalue weighted by atomic mass is 32.1. The number of hydrogen-bond donors (Lipinski definition) is 2. The van der Waals surface area contributed by atoms with Crippen molar-refractivity contribution in [2.24, 2.45) is 5.10 Å². The predicted octanol–water partition coefficient (Wildman–Crippen LogP) is 3.63. The summed E-state index contributed by atoms with van der Waals surface area (Å²) in [5, 5.41) is 7.70. The fourth-order valence-electron chi connectivity index (χ4n) is 1.96. The third-order valence-electron chi connectivity index (χ3n) is 3.13. The number of thiocarbonyl (C=S) groups is 1. The highest BCUT2D eigenvalue weighted by Crippen LogP contribution is 2.15. The van der Waals surface area contributed by atoms with Crippen molar-refractivity contribution < 1.29 is 4.74 Å². The average molecular weight is 313 g/mol. The Balaban J connectivity index is 1.90. The first-order valence-electron chi connectivity index (χ1n) is 6.90. The van der Waals surface area contributed by atoms with Gasteiger partial charge in [0.05, 0.1) is 13.3 Å². The lowest BCUT2D eigenvalue weighted by molar-refractivity contribution is 0.415. The van der Waals surface area contributed by atoms with Crippen LogP contribution in [0.3, 0.4) is 0 Å². The fourth-order valence-corrected chi connectivity index (χ4v) is 2.12. The molecule has 0 saturated heterocycles. The van der Waals surface area contributed by atoms with Crippen LogP contribution < -0.4 is 15.5 Å². The Morgan fingerprint density at radius 2 is 1.86 bits per heavy atom. The molecule has 5 heteroatoms. The second-order valence-corrected chi connectivity index (χ2v) is 5.32. The summed E-state index contributed by atoms with van der Waals surface area (Å²) in [6, 6.07) is 13.8. The molecule has 0 unspecified atom stereocenters. The van der Waals surface area contributed by atoms with E-state index in [-0.39, 0.29) is 0 Å². The van der Waals surface area contributed by atoms with Crippen LogP contribution in [0.1, 0.15) is 16.7 Å². The van der Waals surface area contributed by atoms with Crippen LogP contribution in [0.25, 0.3) is 0 Å². The second kappa shape index (κ2) is 7.56. The Morgan fingerprint density at radius 3 is 2.50 bits per heavy atom. The molecule has 2 aromatic carbocycles. The smallest absolute Gasteiger partial charge is 0.191 e. The van der Waals surface area contributed by atoms with Crippen molar-refractivity contribution in [3.8, 4) is 5.75 Å². The fraction of sp³-hybridized carbons (Fsp3) is 0.176. The van der Waals surface area contributed by atoms with Gasteiger partial charge in [0.1, 0.15) is 5.75 Å². The number of anilines is 1. The molecule has 4 nitrogen and oxygen atoms in total. The summed E-state index contributed by atoms with van der Waals surface area (Å²) >= 11 is 5.23. The van der Waals surface area contributed by atoms with Crippen LogP contribution in [0.5, 0.6) is 5.75 Å². The normalized spacial score (nSPS) is 10.5. The topological polar surface area (TPSA) is 45.6 Å². The van der Waals surface area contributed by atoms with E-state index in [2.05, 4.69) is 28.8 Å². The van der Waals surface area contributed by atoms with Gasteiger partial charge in [-0.3, -0.25) is 5.43 Å². The largest absolute Gasteiger partial charge is 0.497 e. The van der Waals surface area contributed by atoms with Crippen molar-refractivity contribution in [2.75, 3.05) is 12.4 Å². The highest BCUT2D eigenvalue weighted by molar-refractivity contribution is 7.80. The van der Waals surface area contributed by atoms with Crippen LogP contribution in [0, 0.1) is 13.8 Å². The van der Waals surface area contributed by atoms with E-state index in [1.54, 1.807) is 13.3 Å². The number of ether oxygens (including phenoxy) is 1. The van der Waals surface area contributed by atoms with Gasteiger partial charge in [0.2, 0.25) is 0 Å². The van der Waals surface area contributed by atoms with Crippen LogP contribution in [0.2, 0.25) is 0 Å². The van der Waals surface area contributed by atoms with E-state index in [9.17, 15) is 0 Å². The monoisotopic (exact) mass is 313 g/mol. The molecule has 0 heterocycles. The number of methoxy groups -OCH3 is 1. The van der Waals surface area contributed by atoms with Gasteiger partial charge in [0, 0.05) is 5.69 Å². The maximum Gasteiger partial charge on any atom is 0.191 e. The molecule has 0 bridgehead atoms. The Kier molecular flexibility index (Phi) is 5.49. The number of rotatable bonds is 4. The first kappa shape index (κ1) is 16.0. The minimum atomic E-state index is 0.455. The first-order chi connectivity index (χ1) is 10.6. The highest BCUT2D eigenvalue weighted by Gasteiger charge is 2.00. The summed E-state index contributed by atoms with van der Waals surface area (Å²) in [6.45, 7) is 4.10. The molecule has 0 atom stereocenters. The predicted molar refractivity (Wildman–Crippen MR) is 95.9 cm³/mol. The van der Waals surface area contributed by atoms with Crippen molar-refractivity contribution in [1.82, 2.24) is 5.43 Å². The van der Waals surface area contributed by atoms with E-state index >= 15 is 0 Å². The Hall–Kier alpha value is -2.40. The Labute approximate surface area is 136 Å². The number of benzene rings is 2. The van der Waals surface area contributed by atoms with Crippen LogP contribution in [0.15, 0.2) is 47.6 Å². The maximum atomic E-state index is 5.23. The minimum Gasteiger partial charge on any atom is -0.497 e. The lowest BCUT2D eigenvalue weighted by atomic mass is 10.1. The third-order valence-corrected chi connectivity index (χ3v) is 3.32. The van der Waals surface area contributed by atoms with E-state index in [0.717, 1.165) is 22.6 Å². The Bertz CT molecular complexity index is 681. The van der Waals surface area contributed by atoms with Crippen molar-refractivity contribution in [3.63, 3.8) is 0 Å². The van der Waals surface area contributed by atoms with Crippen LogP contribution >= 0.6 is 12.2 Å². The van der Waals surface area contributed by atoms with E-state index in [1.165, 1.54) is 5.56 Å². The molecular weight excluding hydrogens is 294 g/mol. The molecule has 2 rings (SSSR count). The summed E-state index contributed by atoms with van der Waals surface area (Å²) in [5.41, 5.74) is 7.11. The molecule has 0 aliphatic heterocycles. The molecule has 0 aliphatic carbocycles. The Morgan fingerprint density at radius 1 is 1.14 bits per heavy atom. The molecule has 0 amide bonds. The van der Waals surface area contributed by atoms with Crippen LogP contribution in [0.4, 0.5) is 5.69 Å². The molecule has 22 heavy (non-hydrogen) atoms. The van der Waals surface area contributed by atoms with Gasteiger partial charge < -0.3 is 10.1 Å². The van der Waals surface area contributed by atoms with Gasteiger partial charge in [-0.05, 0) is 67.5 Å². The van der Waals surface area contributed by atoms with Gasteiger partial charge in [-0.25, -0.2) is 0 Å². The van der Waals surface area contributed by atoms with Crippen LogP contribution in [-0.2, 0) is 0 Å². The first-order valence-corrected chi connectivity index (χ1v) is 7.30. The number of nitrogens with one attached hydrogen (secondary N) is 2. The summed E-state index contributed by atoms with van der Waals surface area (Å²) in [4.78, 5) is 0. The van der Waals surface area contributed by atoms with E-state index in [4.69, 9.17) is 17.0 Å². The number of hydrogen-bond acceptors (Lipinski definition) is 3. The molecule has 0 radical (unpaired) electrons. The van der Waals surface area contributed by atoms with Gasteiger partial charge in [0.25, 0.3) is 0 Å². The van der Waals surface area contributed by atoms with Crippen molar-refractivity contribution in [2.45, 2.75) is 13.8 Å². The second-order valence-electron chi connectivity index (χ2n) is 4.92. The molecule has 0 aliphatic rings. The molecule has 2 N–H and O–H groups in total. The van der Waals surface area contributed by atoms with E-state index < -0.39 is 0 Å². The third kappa shape index (κ3) is 4.56. The van der Waals surface area contributed by atoms with Gasteiger partial charge in [-0.1, -0.05) is 17.7 Å². The molecular formula is C17H19N3OS. The minimum absolute atomic E-state index is 0.455. The summed E-state index contributed by atoms with van der Waals surface area (Å²) in [6.07, 6.45) is 1.70. The van der Waals surface area contributed by atoms with Gasteiger partial charge in [-0.15, -0.1) is 0 Å². The van der Waals surface area contributed by atoms with Crippen molar-refractivity contribution >= 4 is 29.2 Å². The summed E-state index contributed by atoms with van der Waals surface area (Å²) in [7, 11) is 1.64. The molecule has 2 aromatic rings. The molecule has 0 aromatic heterocycles. The number of aryl methyl sites for hydroxylation is 2. The molecule has 114 valence electrons. The van der Waals surface area contributed by atoms with Gasteiger partial charge in [0.15, 0.2) is 5.11 Å². The van der Waals surface area contributed by atoms with Crippen molar-refractivity contribution in [1.29, 1.82) is 0 Å². The molecule has 0 fully saturated rings. The van der Waals surface area contributed by atoms with E-state index in [0.29, 0.717) is 5.11 Å². The standard InChI is InChI=1S/C17H19N3OS/c1-12-4-9-16(13(2)10-12)19-17(22)20-18-11-14-5-7-15(21-3)8-6-14/h4-11H,1-3H3,(H2,19,20,22). The number of hydrazone groups is 1.